The van der Waals surface area contributed by atoms with E-state index in [2.05, 4.69) is 16.8 Å². The van der Waals surface area contributed by atoms with E-state index in [1.165, 1.54) is 5.69 Å². The standard InChI is InChI=1S/C14H19N3O/c1-9-13(8-15)16-12-7-10(18-4)5-6-11(12)14(9)17(2)3/h5-7H,8,15H2,1-4H3. The van der Waals surface area contributed by atoms with Crippen molar-refractivity contribution >= 4 is 16.6 Å². The average Bonchev–Trinajstić information content (AvgIpc) is 2.36. The second kappa shape index (κ2) is 4.82. The summed E-state index contributed by atoms with van der Waals surface area (Å²) in [4.78, 5) is 6.72. The minimum Gasteiger partial charge on any atom is -0.497 e. The molecule has 18 heavy (non-hydrogen) atoms. The van der Waals surface area contributed by atoms with Crippen molar-refractivity contribution in [1.82, 2.24) is 4.98 Å². The Hall–Kier alpha value is -1.81. The molecule has 2 N–H and O–H groups in total. The third-order valence-corrected chi connectivity index (χ3v) is 3.14. The molecular weight excluding hydrogens is 226 g/mol. The maximum atomic E-state index is 5.77. The lowest BCUT2D eigenvalue weighted by molar-refractivity contribution is 0.415. The Morgan fingerprint density at radius 2 is 2.06 bits per heavy atom. The van der Waals surface area contributed by atoms with Crippen LogP contribution in [0.1, 0.15) is 11.3 Å². The summed E-state index contributed by atoms with van der Waals surface area (Å²) in [6.45, 7) is 2.51. The Bertz CT molecular complexity index is 579. The highest BCUT2D eigenvalue weighted by Crippen LogP contribution is 2.31. The predicted molar refractivity (Wildman–Crippen MR) is 75.3 cm³/mol. The van der Waals surface area contributed by atoms with E-state index < -0.39 is 0 Å². The Labute approximate surface area is 107 Å². The molecule has 0 saturated heterocycles. The number of hydrogen-bond acceptors (Lipinski definition) is 4. The number of anilines is 1. The summed E-state index contributed by atoms with van der Waals surface area (Å²) in [5.41, 5.74) is 9.93. The van der Waals surface area contributed by atoms with Crippen molar-refractivity contribution in [3.63, 3.8) is 0 Å². The zero-order valence-corrected chi connectivity index (χ0v) is 11.3. The molecule has 0 saturated carbocycles. The van der Waals surface area contributed by atoms with Gasteiger partial charge in [-0.1, -0.05) is 0 Å². The van der Waals surface area contributed by atoms with Crippen LogP contribution in [0.5, 0.6) is 5.75 Å². The molecule has 0 spiro atoms. The van der Waals surface area contributed by atoms with Crippen LogP contribution in [0.4, 0.5) is 5.69 Å². The molecule has 96 valence electrons. The van der Waals surface area contributed by atoms with Crippen LogP contribution >= 0.6 is 0 Å². The van der Waals surface area contributed by atoms with E-state index in [0.29, 0.717) is 6.54 Å². The minimum absolute atomic E-state index is 0.444. The number of aromatic nitrogens is 1. The molecule has 1 aromatic heterocycles. The largest absolute Gasteiger partial charge is 0.497 e. The third-order valence-electron chi connectivity index (χ3n) is 3.14. The van der Waals surface area contributed by atoms with E-state index in [0.717, 1.165) is 27.9 Å². The van der Waals surface area contributed by atoms with Crippen molar-refractivity contribution in [2.24, 2.45) is 5.73 Å². The zero-order chi connectivity index (χ0) is 13.3. The van der Waals surface area contributed by atoms with Crippen LogP contribution in [0.15, 0.2) is 18.2 Å². The lowest BCUT2D eigenvalue weighted by Crippen LogP contribution is -2.14. The molecule has 0 aliphatic rings. The molecule has 4 heteroatoms. The number of rotatable bonds is 3. The fraction of sp³-hybridized carbons (Fsp3) is 0.357. The van der Waals surface area contributed by atoms with Crippen LogP contribution in [0, 0.1) is 6.92 Å². The first-order chi connectivity index (χ1) is 8.58. The molecule has 1 aromatic carbocycles. The molecule has 0 fully saturated rings. The Balaban J connectivity index is 2.81. The quantitative estimate of drug-likeness (QED) is 0.899. The zero-order valence-electron chi connectivity index (χ0n) is 11.3. The molecule has 0 amide bonds. The van der Waals surface area contributed by atoms with Gasteiger partial charge in [0.25, 0.3) is 0 Å². The Morgan fingerprint density at radius 3 is 2.61 bits per heavy atom. The molecule has 2 aromatic rings. The molecule has 4 nitrogen and oxygen atoms in total. The van der Waals surface area contributed by atoms with Crippen molar-refractivity contribution in [2.75, 3.05) is 26.1 Å². The van der Waals surface area contributed by atoms with Crippen molar-refractivity contribution in [2.45, 2.75) is 13.5 Å². The predicted octanol–water partition coefficient (Wildman–Crippen LogP) is 2.08. The molecule has 0 aliphatic carbocycles. The van der Waals surface area contributed by atoms with E-state index in [9.17, 15) is 0 Å². The number of nitrogens with two attached hydrogens (primary N) is 1. The van der Waals surface area contributed by atoms with E-state index in [1.807, 2.05) is 32.3 Å². The van der Waals surface area contributed by atoms with Gasteiger partial charge < -0.3 is 15.4 Å². The summed E-state index contributed by atoms with van der Waals surface area (Å²) < 4.78 is 5.24. The minimum atomic E-state index is 0.444. The molecule has 0 aliphatic heterocycles. The van der Waals surface area contributed by atoms with Gasteiger partial charge in [-0.15, -0.1) is 0 Å². The topological polar surface area (TPSA) is 51.4 Å². The van der Waals surface area contributed by atoms with Gasteiger partial charge >= 0.3 is 0 Å². The van der Waals surface area contributed by atoms with Crippen molar-refractivity contribution in [1.29, 1.82) is 0 Å². The normalized spacial score (nSPS) is 10.7. The Kier molecular flexibility index (Phi) is 3.39. The molecule has 0 unspecified atom stereocenters. The molecule has 0 bridgehead atoms. The maximum Gasteiger partial charge on any atom is 0.121 e. The molecule has 2 rings (SSSR count). The van der Waals surface area contributed by atoms with Gasteiger partial charge in [0.15, 0.2) is 0 Å². The highest BCUT2D eigenvalue weighted by molar-refractivity contribution is 5.94. The average molecular weight is 245 g/mol. The van der Waals surface area contributed by atoms with Gasteiger partial charge in [0.1, 0.15) is 5.75 Å². The van der Waals surface area contributed by atoms with E-state index >= 15 is 0 Å². The van der Waals surface area contributed by atoms with Gasteiger partial charge in [0.05, 0.1) is 24.0 Å². The number of methoxy groups -OCH3 is 1. The first-order valence-electron chi connectivity index (χ1n) is 5.93. The molecule has 0 atom stereocenters. The van der Waals surface area contributed by atoms with Gasteiger partial charge in [0, 0.05) is 32.1 Å². The van der Waals surface area contributed by atoms with Gasteiger partial charge in [-0.05, 0) is 24.6 Å². The third kappa shape index (κ3) is 1.99. The van der Waals surface area contributed by atoms with Gasteiger partial charge in [0.2, 0.25) is 0 Å². The first kappa shape index (κ1) is 12.6. The smallest absolute Gasteiger partial charge is 0.121 e. The van der Waals surface area contributed by atoms with E-state index in [1.54, 1.807) is 7.11 Å². The SMILES string of the molecule is COc1ccc2c(N(C)C)c(C)c(CN)nc2c1. The number of ether oxygens (including phenoxy) is 1. The highest BCUT2D eigenvalue weighted by atomic mass is 16.5. The van der Waals surface area contributed by atoms with Gasteiger partial charge in [-0.3, -0.25) is 4.98 Å². The van der Waals surface area contributed by atoms with Crippen LogP contribution in [0.25, 0.3) is 10.9 Å². The van der Waals surface area contributed by atoms with Gasteiger partial charge in [-0.2, -0.15) is 0 Å². The number of fused-ring (bicyclic) bond motifs is 1. The lowest BCUT2D eigenvalue weighted by atomic mass is 10.1. The molecule has 0 radical (unpaired) electrons. The van der Waals surface area contributed by atoms with E-state index in [4.69, 9.17) is 10.5 Å². The van der Waals surface area contributed by atoms with Crippen molar-refractivity contribution in [3.05, 3.63) is 29.5 Å². The highest BCUT2D eigenvalue weighted by Gasteiger charge is 2.12. The monoisotopic (exact) mass is 245 g/mol. The first-order valence-corrected chi connectivity index (χ1v) is 5.93. The van der Waals surface area contributed by atoms with Crippen molar-refractivity contribution in [3.8, 4) is 5.75 Å². The molecule has 1 heterocycles. The summed E-state index contributed by atoms with van der Waals surface area (Å²) >= 11 is 0. The van der Waals surface area contributed by atoms with Crippen LogP contribution in [-0.4, -0.2) is 26.2 Å². The van der Waals surface area contributed by atoms with Gasteiger partial charge in [-0.25, -0.2) is 0 Å². The van der Waals surface area contributed by atoms with Crippen LogP contribution in [-0.2, 0) is 6.54 Å². The summed E-state index contributed by atoms with van der Waals surface area (Å²) in [7, 11) is 5.73. The fourth-order valence-corrected chi connectivity index (χ4v) is 2.27. The van der Waals surface area contributed by atoms with Crippen LogP contribution in [0.2, 0.25) is 0 Å². The lowest BCUT2D eigenvalue weighted by Gasteiger charge is -2.20. The second-order valence-electron chi connectivity index (χ2n) is 4.51. The number of benzene rings is 1. The van der Waals surface area contributed by atoms with Crippen molar-refractivity contribution < 1.29 is 4.74 Å². The Morgan fingerprint density at radius 1 is 1.33 bits per heavy atom. The summed E-state index contributed by atoms with van der Waals surface area (Å²) in [6, 6.07) is 5.95. The van der Waals surface area contributed by atoms with E-state index in [-0.39, 0.29) is 0 Å². The number of pyridine rings is 1. The van der Waals surface area contributed by atoms with Crippen LogP contribution < -0.4 is 15.4 Å². The maximum absolute atomic E-state index is 5.77. The fourth-order valence-electron chi connectivity index (χ4n) is 2.27. The summed E-state index contributed by atoms with van der Waals surface area (Å²) in [5, 5.41) is 1.12. The van der Waals surface area contributed by atoms with Crippen LogP contribution in [0.3, 0.4) is 0 Å². The molecular formula is C14H19N3O. The number of hydrogen-bond donors (Lipinski definition) is 1. The second-order valence-corrected chi connectivity index (χ2v) is 4.51. The number of nitrogens with zero attached hydrogens (tertiary/aromatic N) is 2. The summed E-state index contributed by atoms with van der Waals surface area (Å²) in [5.74, 6) is 0.812. The summed E-state index contributed by atoms with van der Waals surface area (Å²) in [6.07, 6.45) is 0.